The Morgan fingerprint density at radius 2 is 2.03 bits per heavy atom. The van der Waals surface area contributed by atoms with Crippen LogP contribution in [0.25, 0.3) is 0 Å². The van der Waals surface area contributed by atoms with Crippen molar-refractivity contribution in [1.82, 2.24) is 20.0 Å². The molecule has 15 heteroatoms. The molecule has 2 N–H and O–H groups in total. The second kappa shape index (κ2) is 9.37. The highest BCUT2D eigenvalue weighted by Crippen LogP contribution is 2.40. The molecule has 1 aromatic rings. The molecule has 0 radical (unpaired) electrons. The molecule has 1 fully saturated rings. The van der Waals surface area contributed by atoms with E-state index in [1.165, 1.54) is 25.6 Å². The maximum Gasteiger partial charge on any atom is 0.436 e. The van der Waals surface area contributed by atoms with Crippen LogP contribution in [0.15, 0.2) is 15.7 Å². The SMILES string of the molecule is CC(=O)OCC1=C(C(=O)O)N2C(=O)[C@H](NC(=O)CCn3nc(C(F)(F)F)c(Br)c3C)[C@@H]2SC1. The zero-order valence-electron chi connectivity index (χ0n) is 17.2. The minimum atomic E-state index is -4.65. The number of aromatic nitrogens is 2. The minimum Gasteiger partial charge on any atom is -0.477 e. The normalized spacial score (nSPS) is 20.3. The van der Waals surface area contributed by atoms with Crippen molar-refractivity contribution in [2.45, 2.75) is 44.4 Å². The molecule has 0 spiro atoms. The van der Waals surface area contributed by atoms with Crippen molar-refractivity contribution in [2.24, 2.45) is 0 Å². The third kappa shape index (κ3) is 5.03. The van der Waals surface area contributed by atoms with Gasteiger partial charge in [-0.2, -0.15) is 18.3 Å². The number of amides is 2. The number of carboxylic acids is 1. The molecule has 0 bridgehead atoms. The number of rotatable bonds is 7. The Morgan fingerprint density at radius 1 is 1.36 bits per heavy atom. The Bertz CT molecular complexity index is 1060. The van der Waals surface area contributed by atoms with Crippen molar-refractivity contribution in [1.29, 1.82) is 0 Å². The van der Waals surface area contributed by atoms with Crippen molar-refractivity contribution < 1.29 is 42.2 Å². The third-order valence-electron chi connectivity index (χ3n) is 4.97. The van der Waals surface area contributed by atoms with Crippen LogP contribution in [-0.4, -0.2) is 67.3 Å². The zero-order valence-corrected chi connectivity index (χ0v) is 19.6. The number of carbonyl (C=O) groups excluding carboxylic acids is 3. The standard InChI is InChI=1S/C18H18BrF3N4O6S/c1-7-11(19)14(18(20,21)22)24-25(7)4-3-10(28)23-12-15(29)26-13(17(30)31)9(5-32-8(2)27)6-33-16(12)26/h12,16H,3-6H2,1-2H3,(H,23,28)(H,30,31)/t12-,16-/m0/s1. The molecule has 2 atom stereocenters. The zero-order chi connectivity index (χ0) is 24.7. The summed E-state index contributed by atoms with van der Waals surface area (Å²) in [5.41, 5.74) is -0.925. The highest BCUT2D eigenvalue weighted by molar-refractivity contribution is 9.10. The van der Waals surface area contributed by atoms with Gasteiger partial charge in [-0.3, -0.25) is 24.0 Å². The van der Waals surface area contributed by atoms with Crippen LogP contribution < -0.4 is 5.32 Å². The number of halogens is 4. The molecule has 0 aliphatic carbocycles. The Hall–Kier alpha value is -2.55. The van der Waals surface area contributed by atoms with Gasteiger partial charge >= 0.3 is 18.1 Å². The predicted octanol–water partition coefficient (Wildman–Crippen LogP) is 1.66. The van der Waals surface area contributed by atoms with Gasteiger partial charge < -0.3 is 15.2 Å². The molecule has 0 unspecified atom stereocenters. The highest BCUT2D eigenvalue weighted by atomic mass is 79.9. The van der Waals surface area contributed by atoms with Crippen LogP contribution in [0.4, 0.5) is 13.2 Å². The topological polar surface area (TPSA) is 131 Å². The number of aliphatic carboxylic acids is 1. The Kier molecular flexibility index (Phi) is 7.12. The van der Waals surface area contributed by atoms with E-state index >= 15 is 0 Å². The van der Waals surface area contributed by atoms with Crippen molar-refractivity contribution in [3.05, 3.63) is 27.1 Å². The third-order valence-corrected chi connectivity index (χ3v) is 7.26. The summed E-state index contributed by atoms with van der Waals surface area (Å²) in [6.07, 6.45) is -4.90. The number of alkyl halides is 3. The number of β-lactam (4-membered cyclic amide) rings is 1. The number of aryl methyl sites for hydroxylation is 1. The van der Waals surface area contributed by atoms with E-state index in [0.717, 1.165) is 9.58 Å². The lowest BCUT2D eigenvalue weighted by Gasteiger charge is -2.49. The Balaban J connectivity index is 1.64. The molecular formula is C18H18BrF3N4O6S. The van der Waals surface area contributed by atoms with Gasteiger partial charge in [0.15, 0.2) is 5.69 Å². The largest absolute Gasteiger partial charge is 0.477 e. The molecular weight excluding hydrogens is 537 g/mol. The summed E-state index contributed by atoms with van der Waals surface area (Å²) in [5, 5.41) is 14.9. The van der Waals surface area contributed by atoms with E-state index in [2.05, 4.69) is 26.3 Å². The van der Waals surface area contributed by atoms with E-state index < -0.39 is 47.0 Å². The van der Waals surface area contributed by atoms with Gasteiger partial charge in [-0.05, 0) is 22.9 Å². The highest BCUT2D eigenvalue weighted by Gasteiger charge is 2.54. The van der Waals surface area contributed by atoms with Gasteiger partial charge in [-0.1, -0.05) is 0 Å². The molecule has 1 saturated heterocycles. The van der Waals surface area contributed by atoms with Gasteiger partial charge in [0.05, 0.1) is 16.7 Å². The van der Waals surface area contributed by atoms with E-state index in [0.29, 0.717) is 0 Å². The molecule has 2 amide bonds. The van der Waals surface area contributed by atoms with E-state index in [9.17, 15) is 37.5 Å². The fourth-order valence-electron chi connectivity index (χ4n) is 3.36. The molecule has 1 aromatic heterocycles. The molecule has 2 aliphatic rings. The summed E-state index contributed by atoms with van der Waals surface area (Å²) in [4.78, 5) is 48.6. The van der Waals surface area contributed by atoms with E-state index in [1.807, 2.05) is 0 Å². The number of hydrogen-bond donors (Lipinski definition) is 2. The molecule has 180 valence electrons. The number of fused-ring (bicyclic) bond motifs is 1. The summed E-state index contributed by atoms with van der Waals surface area (Å²) in [5.74, 6) is -3.02. The van der Waals surface area contributed by atoms with Crippen LogP contribution in [0.3, 0.4) is 0 Å². The second-order valence-corrected chi connectivity index (χ2v) is 9.11. The van der Waals surface area contributed by atoms with Gasteiger partial charge in [0.1, 0.15) is 23.7 Å². The van der Waals surface area contributed by atoms with Crippen LogP contribution in [0.2, 0.25) is 0 Å². The van der Waals surface area contributed by atoms with Gasteiger partial charge in [0.25, 0.3) is 5.91 Å². The fourth-order valence-corrected chi connectivity index (χ4v) is 5.20. The number of nitrogens with one attached hydrogen (secondary N) is 1. The molecule has 3 rings (SSSR count). The number of thioether (sulfide) groups is 1. The van der Waals surface area contributed by atoms with Crippen molar-refractivity contribution in [3.63, 3.8) is 0 Å². The first kappa shape index (κ1) is 25.1. The molecule has 3 heterocycles. The predicted molar refractivity (Wildman–Crippen MR) is 111 cm³/mol. The maximum absolute atomic E-state index is 13.0. The monoisotopic (exact) mass is 554 g/mol. The summed E-state index contributed by atoms with van der Waals surface area (Å²) < 4.78 is 44.6. The quantitative estimate of drug-likeness (QED) is 0.384. The van der Waals surface area contributed by atoms with Crippen LogP contribution in [0.1, 0.15) is 24.7 Å². The molecule has 0 saturated carbocycles. The van der Waals surface area contributed by atoms with E-state index in [1.54, 1.807) is 0 Å². The minimum absolute atomic E-state index is 0.151. The summed E-state index contributed by atoms with van der Waals surface area (Å²) >= 11 is 4.06. The smallest absolute Gasteiger partial charge is 0.436 e. The second-order valence-electron chi connectivity index (χ2n) is 7.21. The van der Waals surface area contributed by atoms with E-state index in [4.69, 9.17) is 4.74 Å². The molecule has 33 heavy (non-hydrogen) atoms. The van der Waals surface area contributed by atoms with Crippen molar-refractivity contribution in [2.75, 3.05) is 12.4 Å². The van der Waals surface area contributed by atoms with Crippen LogP contribution in [0.5, 0.6) is 0 Å². The van der Waals surface area contributed by atoms with Gasteiger partial charge in [-0.15, -0.1) is 11.8 Å². The first-order valence-electron chi connectivity index (χ1n) is 9.45. The molecule has 2 aliphatic heterocycles. The van der Waals surface area contributed by atoms with Crippen LogP contribution >= 0.6 is 27.7 Å². The first-order chi connectivity index (χ1) is 15.3. The van der Waals surface area contributed by atoms with Crippen molar-refractivity contribution in [3.8, 4) is 0 Å². The average Bonchev–Trinajstić information content (AvgIpc) is 3.02. The summed E-state index contributed by atoms with van der Waals surface area (Å²) in [7, 11) is 0. The summed E-state index contributed by atoms with van der Waals surface area (Å²) in [6.45, 7) is 2.18. The molecule has 0 aromatic carbocycles. The first-order valence-corrected chi connectivity index (χ1v) is 11.3. The molecule has 10 nitrogen and oxygen atoms in total. The lowest BCUT2D eigenvalue weighted by Crippen LogP contribution is -2.70. The number of nitrogens with zero attached hydrogens (tertiary/aromatic N) is 3. The lowest BCUT2D eigenvalue weighted by atomic mass is 10.0. The van der Waals surface area contributed by atoms with Crippen LogP contribution in [-0.2, 0) is 36.6 Å². The van der Waals surface area contributed by atoms with E-state index in [-0.39, 0.29) is 46.8 Å². The fraction of sp³-hybridized carbons (Fsp3) is 0.500. The van der Waals surface area contributed by atoms with Gasteiger partial charge in [-0.25, -0.2) is 4.79 Å². The maximum atomic E-state index is 13.0. The number of hydrogen-bond acceptors (Lipinski definition) is 7. The summed E-state index contributed by atoms with van der Waals surface area (Å²) in [6, 6.07) is -0.983. The number of carbonyl (C=O) groups is 4. The number of ether oxygens (including phenoxy) is 1. The van der Waals surface area contributed by atoms with Gasteiger partial charge in [0.2, 0.25) is 5.91 Å². The Morgan fingerprint density at radius 3 is 2.58 bits per heavy atom. The average molecular weight is 555 g/mol. The number of carboxylic acid groups (broad SMARTS) is 1. The lowest BCUT2D eigenvalue weighted by molar-refractivity contribution is -0.151. The number of esters is 1. The van der Waals surface area contributed by atoms with Crippen LogP contribution in [0, 0.1) is 6.92 Å². The Labute approximate surface area is 197 Å². The van der Waals surface area contributed by atoms with Gasteiger partial charge in [0, 0.05) is 24.7 Å². The van der Waals surface area contributed by atoms with Crippen molar-refractivity contribution >= 4 is 51.4 Å².